The average Bonchev–Trinajstić information content (AvgIpc) is 3.08. The SMILES string of the molecule is Cc1c(C(=O)NC2CCCCC2)sc2ncn(CC(=O)N3CCCC(C)C3)c(=O)c12. The molecule has 0 bridgehead atoms. The topological polar surface area (TPSA) is 84.3 Å². The van der Waals surface area contributed by atoms with Gasteiger partial charge in [-0.05, 0) is 44.1 Å². The molecule has 1 atom stereocenters. The summed E-state index contributed by atoms with van der Waals surface area (Å²) in [7, 11) is 0. The Hall–Kier alpha value is -2.22. The Bertz CT molecular complexity index is 1010. The van der Waals surface area contributed by atoms with E-state index in [0.29, 0.717) is 26.6 Å². The van der Waals surface area contributed by atoms with Gasteiger partial charge in [-0.2, -0.15) is 0 Å². The maximum absolute atomic E-state index is 13.1. The fourth-order valence-corrected chi connectivity index (χ4v) is 5.69. The molecule has 3 heterocycles. The van der Waals surface area contributed by atoms with Crippen LogP contribution in [0.25, 0.3) is 10.2 Å². The second-order valence-corrected chi connectivity index (χ2v) is 9.81. The second kappa shape index (κ2) is 8.88. The number of hydrogen-bond acceptors (Lipinski definition) is 5. The Balaban J connectivity index is 1.55. The molecule has 8 heteroatoms. The summed E-state index contributed by atoms with van der Waals surface area (Å²) in [5, 5.41) is 3.58. The van der Waals surface area contributed by atoms with Crippen molar-refractivity contribution < 1.29 is 9.59 Å². The van der Waals surface area contributed by atoms with Gasteiger partial charge in [-0.15, -0.1) is 11.3 Å². The fraction of sp³-hybridized carbons (Fsp3) is 0.636. The van der Waals surface area contributed by atoms with E-state index in [1.54, 1.807) is 6.92 Å². The maximum Gasteiger partial charge on any atom is 0.262 e. The molecule has 7 nitrogen and oxygen atoms in total. The summed E-state index contributed by atoms with van der Waals surface area (Å²) in [5.74, 6) is 0.323. The van der Waals surface area contributed by atoms with Crippen molar-refractivity contribution in [1.82, 2.24) is 19.8 Å². The Labute approximate surface area is 180 Å². The Morgan fingerprint density at radius 2 is 1.97 bits per heavy atom. The molecule has 2 aliphatic rings. The van der Waals surface area contributed by atoms with E-state index < -0.39 is 0 Å². The van der Waals surface area contributed by atoms with Crippen molar-refractivity contribution in [3.05, 3.63) is 27.1 Å². The van der Waals surface area contributed by atoms with Crippen LogP contribution in [0.2, 0.25) is 0 Å². The molecule has 0 radical (unpaired) electrons. The van der Waals surface area contributed by atoms with Crippen molar-refractivity contribution in [3.8, 4) is 0 Å². The van der Waals surface area contributed by atoms with E-state index in [-0.39, 0.29) is 30.0 Å². The highest BCUT2D eigenvalue weighted by molar-refractivity contribution is 7.20. The number of carbonyl (C=O) groups excluding carboxylic acids is 2. The number of carbonyl (C=O) groups is 2. The van der Waals surface area contributed by atoms with Crippen molar-refractivity contribution in [2.45, 2.75) is 71.4 Å². The van der Waals surface area contributed by atoms with Gasteiger partial charge in [0, 0.05) is 19.1 Å². The van der Waals surface area contributed by atoms with Gasteiger partial charge in [0.05, 0.1) is 16.6 Å². The van der Waals surface area contributed by atoms with Crippen LogP contribution in [-0.2, 0) is 11.3 Å². The number of aromatic nitrogens is 2. The van der Waals surface area contributed by atoms with Crippen LogP contribution in [-0.4, -0.2) is 45.4 Å². The predicted octanol–water partition coefficient (Wildman–Crippen LogP) is 3.09. The molecule has 162 valence electrons. The minimum atomic E-state index is -0.246. The van der Waals surface area contributed by atoms with Gasteiger partial charge in [0.2, 0.25) is 5.91 Å². The lowest BCUT2D eigenvalue weighted by Crippen LogP contribution is -2.42. The molecule has 1 aliphatic carbocycles. The third kappa shape index (κ3) is 4.29. The number of rotatable bonds is 4. The molecule has 1 saturated heterocycles. The largest absolute Gasteiger partial charge is 0.349 e. The predicted molar refractivity (Wildman–Crippen MR) is 118 cm³/mol. The molecule has 2 aromatic rings. The van der Waals surface area contributed by atoms with Crippen LogP contribution in [0, 0.1) is 12.8 Å². The summed E-state index contributed by atoms with van der Waals surface area (Å²) in [6, 6.07) is 0.213. The number of amides is 2. The summed E-state index contributed by atoms with van der Waals surface area (Å²) in [4.78, 5) is 45.9. The zero-order valence-electron chi connectivity index (χ0n) is 17.8. The first kappa shape index (κ1) is 21.0. The minimum absolute atomic E-state index is 0.00656. The lowest BCUT2D eigenvalue weighted by molar-refractivity contribution is -0.133. The second-order valence-electron chi connectivity index (χ2n) is 8.81. The first-order valence-electron chi connectivity index (χ1n) is 11.0. The smallest absolute Gasteiger partial charge is 0.262 e. The van der Waals surface area contributed by atoms with Crippen molar-refractivity contribution in [2.24, 2.45) is 5.92 Å². The van der Waals surface area contributed by atoms with Crippen molar-refractivity contribution >= 4 is 33.4 Å². The highest BCUT2D eigenvalue weighted by Gasteiger charge is 2.24. The van der Waals surface area contributed by atoms with Crippen LogP contribution in [0.3, 0.4) is 0 Å². The highest BCUT2D eigenvalue weighted by Crippen LogP contribution is 2.27. The van der Waals surface area contributed by atoms with Gasteiger partial charge >= 0.3 is 0 Å². The molecule has 1 unspecified atom stereocenters. The number of hydrogen-bond donors (Lipinski definition) is 1. The van der Waals surface area contributed by atoms with E-state index in [4.69, 9.17) is 0 Å². The van der Waals surface area contributed by atoms with Crippen molar-refractivity contribution in [3.63, 3.8) is 0 Å². The van der Waals surface area contributed by atoms with Gasteiger partial charge in [-0.1, -0.05) is 26.2 Å². The van der Waals surface area contributed by atoms with Gasteiger partial charge in [-0.25, -0.2) is 4.98 Å². The molecule has 0 spiro atoms. The zero-order chi connectivity index (χ0) is 21.3. The Morgan fingerprint density at radius 3 is 2.70 bits per heavy atom. The fourth-order valence-electron chi connectivity index (χ4n) is 4.65. The third-order valence-electron chi connectivity index (χ3n) is 6.38. The molecule has 2 amide bonds. The molecule has 1 aliphatic heterocycles. The van der Waals surface area contributed by atoms with Crippen LogP contribution in [0.5, 0.6) is 0 Å². The van der Waals surface area contributed by atoms with Crippen LogP contribution in [0.1, 0.15) is 67.1 Å². The summed E-state index contributed by atoms with van der Waals surface area (Å²) in [6.45, 7) is 5.43. The van der Waals surface area contributed by atoms with Crippen LogP contribution < -0.4 is 10.9 Å². The molecular weight excluding hydrogens is 400 g/mol. The van der Waals surface area contributed by atoms with Gasteiger partial charge in [-0.3, -0.25) is 19.0 Å². The lowest BCUT2D eigenvalue weighted by atomic mass is 9.95. The summed E-state index contributed by atoms with van der Waals surface area (Å²) in [6.07, 6.45) is 9.12. The highest BCUT2D eigenvalue weighted by atomic mass is 32.1. The third-order valence-corrected chi connectivity index (χ3v) is 7.58. The lowest BCUT2D eigenvalue weighted by Gasteiger charge is -2.31. The van der Waals surface area contributed by atoms with Crippen LogP contribution in [0.4, 0.5) is 0 Å². The summed E-state index contributed by atoms with van der Waals surface area (Å²) in [5.41, 5.74) is 0.415. The number of likely N-dealkylation sites (tertiary alicyclic amines) is 1. The summed E-state index contributed by atoms with van der Waals surface area (Å²) < 4.78 is 1.38. The average molecular weight is 431 g/mol. The first-order chi connectivity index (χ1) is 14.4. The van der Waals surface area contributed by atoms with Crippen LogP contribution >= 0.6 is 11.3 Å². The van der Waals surface area contributed by atoms with Crippen molar-refractivity contribution in [1.29, 1.82) is 0 Å². The molecular formula is C22H30N4O3S. The molecule has 1 N–H and O–H groups in total. The maximum atomic E-state index is 13.1. The van der Waals surface area contributed by atoms with Gasteiger partial charge in [0.15, 0.2) is 0 Å². The first-order valence-corrected chi connectivity index (χ1v) is 11.8. The van der Waals surface area contributed by atoms with Crippen molar-refractivity contribution in [2.75, 3.05) is 13.1 Å². The van der Waals surface area contributed by atoms with E-state index in [1.807, 2.05) is 4.90 Å². The number of piperidine rings is 1. The van der Waals surface area contributed by atoms with Gasteiger partial charge in [0.25, 0.3) is 11.5 Å². The van der Waals surface area contributed by atoms with Crippen LogP contribution in [0.15, 0.2) is 11.1 Å². The molecule has 30 heavy (non-hydrogen) atoms. The normalized spacial score (nSPS) is 20.5. The van der Waals surface area contributed by atoms with Gasteiger partial charge < -0.3 is 10.2 Å². The molecule has 1 saturated carbocycles. The van der Waals surface area contributed by atoms with E-state index in [9.17, 15) is 14.4 Å². The monoisotopic (exact) mass is 430 g/mol. The van der Waals surface area contributed by atoms with E-state index in [2.05, 4.69) is 17.2 Å². The quantitative estimate of drug-likeness (QED) is 0.808. The minimum Gasteiger partial charge on any atom is -0.349 e. The Morgan fingerprint density at radius 1 is 1.20 bits per heavy atom. The van der Waals surface area contributed by atoms with Gasteiger partial charge in [0.1, 0.15) is 11.4 Å². The Kier molecular flexibility index (Phi) is 6.22. The number of nitrogens with one attached hydrogen (secondary N) is 1. The number of thiophene rings is 1. The van der Waals surface area contributed by atoms with E-state index >= 15 is 0 Å². The van der Waals surface area contributed by atoms with E-state index in [1.165, 1.54) is 28.7 Å². The number of fused-ring (bicyclic) bond motifs is 1. The number of nitrogens with zero attached hydrogens (tertiary/aromatic N) is 3. The molecule has 2 fully saturated rings. The molecule has 2 aromatic heterocycles. The zero-order valence-corrected chi connectivity index (χ0v) is 18.6. The number of aryl methyl sites for hydroxylation is 1. The standard InChI is InChI=1S/C22H30N4O3S/c1-14-7-6-10-25(11-14)17(27)12-26-13-23-21-18(22(26)29)15(2)19(30-21)20(28)24-16-8-4-3-5-9-16/h13-14,16H,3-12H2,1-2H3,(H,24,28). The molecule has 0 aromatic carbocycles. The summed E-state index contributed by atoms with van der Waals surface area (Å²) >= 11 is 1.26. The van der Waals surface area contributed by atoms with E-state index in [0.717, 1.165) is 51.6 Å². The molecule has 4 rings (SSSR count).